The summed E-state index contributed by atoms with van der Waals surface area (Å²) >= 11 is 1.43. The minimum absolute atomic E-state index is 0.113. The van der Waals surface area contributed by atoms with Gasteiger partial charge >= 0.3 is 0 Å². The topological polar surface area (TPSA) is 62.2 Å². The van der Waals surface area contributed by atoms with Gasteiger partial charge < -0.3 is 10.4 Å². The molecule has 5 aromatic rings. The Labute approximate surface area is 208 Å². The van der Waals surface area contributed by atoms with Crippen molar-refractivity contribution in [1.29, 1.82) is 0 Å². The molecule has 0 saturated carbocycles. The first-order valence-corrected chi connectivity index (χ1v) is 12.4. The van der Waals surface area contributed by atoms with Crippen molar-refractivity contribution in [2.75, 3.05) is 5.32 Å². The molecule has 1 amide bonds. The number of hydrogen-bond acceptors (Lipinski definition) is 4. The Morgan fingerprint density at radius 3 is 2.29 bits per heavy atom. The van der Waals surface area contributed by atoms with Crippen molar-refractivity contribution < 1.29 is 9.90 Å². The molecule has 0 saturated heterocycles. The average Bonchev–Trinajstić information content (AvgIpc) is 3.34. The van der Waals surface area contributed by atoms with Crippen LogP contribution < -0.4 is 5.32 Å². The highest BCUT2D eigenvalue weighted by Gasteiger charge is 2.39. The van der Waals surface area contributed by atoms with Gasteiger partial charge in [0.25, 0.3) is 0 Å². The zero-order chi connectivity index (χ0) is 24.4. The van der Waals surface area contributed by atoms with E-state index in [1.807, 2.05) is 79.9 Å². The lowest BCUT2D eigenvalue weighted by Gasteiger charge is -2.33. The minimum atomic E-state index is -0.788. The van der Waals surface area contributed by atoms with Gasteiger partial charge in [-0.15, -0.1) is 11.3 Å². The van der Waals surface area contributed by atoms with E-state index in [2.05, 4.69) is 29.6 Å². The van der Waals surface area contributed by atoms with Crippen molar-refractivity contribution in [3.8, 4) is 17.0 Å². The Balaban J connectivity index is 1.45. The van der Waals surface area contributed by atoms with E-state index in [0.29, 0.717) is 5.13 Å². The zero-order valence-corrected chi connectivity index (χ0v) is 20.4. The maximum Gasteiger partial charge on any atom is 0.232 e. The lowest BCUT2D eigenvalue weighted by atomic mass is 9.70. The van der Waals surface area contributed by atoms with E-state index in [1.54, 1.807) is 12.1 Å². The van der Waals surface area contributed by atoms with Crippen LogP contribution in [0.4, 0.5) is 5.13 Å². The van der Waals surface area contributed by atoms with Gasteiger partial charge in [0.2, 0.25) is 5.91 Å². The van der Waals surface area contributed by atoms with Crippen LogP contribution in [0.1, 0.15) is 30.9 Å². The van der Waals surface area contributed by atoms with Crippen LogP contribution in [-0.2, 0) is 4.79 Å². The fourth-order valence-electron chi connectivity index (χ4n) is 4.63. The molecule has 1 aromatic heterocycles. The summed E-state index contributed by atoms with van der Waals surface area (Å²) in [6, 6.07) is 31.5. The number of carbonyl (C=O) groups excluding carboxylic acids is 1. The molecule has 0 bridgehead atoms. The highest BCUT2D eigenvalue weighted by atomic mass is 32.1. The van der Waals surface area contributed by atoms with Crippen molar-refractivity contribution in [2.24, 2.45) is 5.41 Å². The summed E-state index contributed by atoms with van der Waals surface area (Å²) in [5.41, 5.74) is 3.10. The van der Waals surface area contributed by atoms with E-state index in [9.17, 15) is 9.90 Å². The molecule has 1 atom stereocenters. The van der Waals surface area contributed by atoms with Gasteiger partial charge in [0.05, 0.1) is 11.1 Å². The van der Waals surface area contributed by atoms with Gasteiger partial charge in [0.1, 0.15) is 5.75 Å². The second-order valence-electron chi connectivity index (χ2n) is 9.18. The maximum atomic E-state index is 13.7. The molecular weight excluding hydrogens is 452 g/mol. The van der Waals surface area contributed by atoms with E-state index in [4.69, 9.17) is 4.98 Å². The SMILES string of the molecule is CC(C)(C(=O)Nc1nc(-c2cccc3ccccc23)cs1)C(c1ccccc1)c1ccc(O)cc1. The fourth-order valence-corrected chi connectivity index (χ4v) is 5.34. The van der Waals surface area contributed by atoms with E-state index in [0.717, 1.165) is 33.2 Å². The number of hydrogen-bond donors (Lipinski definition) is 2. The third-order valence-electron chi connectivity index (χ3n) is 6.46. The van der Waals surface area contributed by atoms with Crippen LogP contribution in [-0.4, -0.2) is 16.0 Å². The molecule has 1 heterocycles. The van der Waals surface area contributed by atoms with Crippen LogP contribution in [0.5, 0.6) is 5.75 Å². The molecule has 0 spiro atoms. The number of phenols is 1. The Kier molecular flexibility index (Phi) is 6.10. The van der Waals surface area contributed by atoms with Crippen molar-refractivity contribution in [3.05, 3.63) is 114 Å². The van der Waals surface area contributed by atoms with Gasteiger partial charge in [-0.2, -0.15) is 0 Å². The Morgan fingerprint density at radius 2 is 1.51 bits per heavy atom. The van der Waals surface area contributed by atoms with Crippen LogP contribution in [0.2, 0.25) is 0 Å². The molecule has 0 aliphatic heterocycles. The normalized spacial score (nSPS) is 12.4. The maximum absolute atomic E-state index is 13.7. The third kappa shape index (κ3) is 4.55. The molecule has 1 unspecified atom stereocenters. The Bertz CT molecular complexity index is 1470. The number of nitrogens with one attached hydrogen (secondary N) is 1. The number of aromatic hydroxyl groups is 1. The zero-order valence-electron chi connectivity index (χ0n) is 19.6. The standard InChI is InChI=1S/C30H26N2O2S/c1-30(2,27(21-10-4-3-5-11-21)22-15-17-23(33)18-16-22)28(34)32-29-31-26(19-35-29)25-14-8-12-20-9-6-7-13-24(20)25/h3-19,27,33H,1-2H3,(H,31,32,34). The largest absolute Gasteiger partial charge is 0.508 e. The number of anilines is 1. The summed E-state index contributed by atoms with van der Waals surface area (Å²) in [6.07, 6.45) is 0. The summed E-state index contributed by atoms with van der Waals surface area (Å²) < 4.78 is 0. The molecule has 5 rings (SSSR count). The van der Waals surface area contributed by atoms with Gasteiger partial charge in [0, 0.05) is 16.9 Å². The van der Waals surface area contributed by atoms with Crippen LogP contribution in [0, 0.1) is 5.41 Å². The number of rotatable bonds is 6. The van der Waals surface area contributed by atoms with Gasteiger partial charge in [-0.1, -0.05) is 98.8 Å². The molecule has 0 aliphatic carbocycles. The number of fused-ring (bicyclic) bond motifs is 1. The summed E-state index contributed by atoms with van der Waals surface area (Å²) in [4.78, 5) is 18.4. The van der Waals surface area contributed by atoms with Crippen molar-refractivity contribution >= 4 is 33.1 Å². The quantitative estimate of drug-likeness (QED) is 0.266. The van der Waals surface area contributed by atoms with Gasteiger partial charge in [0.15, 0.2) is 5.13 Å². The molecule has 0 radical (unpaired) electrons. The number of thiazole rings is 1. The average molecular weight is 479 g/mol. The molecule has 35 heavy (non-hydrogen) atoms. The lowest BCUT2D eigenvalue weighted by molar-refractivity contribution is -0.124. The van der Waals surface area contributed by atoms with Gasteiger partial charge in [-0.25, -0.2) is 4.98 Å². The summed E-state index contributed by atoms with van der Waals surface area (Å²) in [7, 11) is 0. The predicted octanol–water partition coefficient (Wildman–Crippen LogP) is 7.47. The molecule has 0 aliphatic rings. The van der Waals surface area contributed by atoms with Crippen LogP contribution >= 0.6 is 11.3 Å². The van der Waals surface area contributed by atoms with Crippen LogP contribution in [0.3, 0.4) is 0 Å². The predicted molar refractivity (Wildman–Crippen MR) is 144 cm³/mol. The third-order valence-corrected chi connectivity index (χ3v) is 7.21. The smallest absolute Gasteiger partial charge is 0.232 e. The summed E-state index contributed by atoms with van der Waals surface area (Å²) in [6.45, 7) is 3.90. The van der Waals surface area contributed by atoms with Crippen molar-refractivity contribution in [3.63, 3.8) is 0 Å². The molecule has 174 valence electrons. The number of nitrogens with zero attached hydrogens (tertiary/aromatic N) is 1. The monoisotopic (exact) mass is 478 g/mol. The lowest BCUT2D eigenvalue weighted by Crippen LogP contribution is -2.37. The molecule has 4 aromatic carbocycles. The Morgan fingerprint density at radius 1 is 0.857 bits per heavy atom. The van der Waals surface area contributed by atoms with Crippen LogP contribution in [0.25, 0.3) is 22.0 Å². The molecule has 2 N–H and O–H groups in total. The van der Waals surface area contributed by atoms with Crippen molar-refractivity contribution in [2.45, 2.75) is 19.8 Å². The summed E-state index contributed by atoms with van der Waals surface area (Å²) in [5.74, 6) is -0.119. The second kappa shape index (κ2) is 9.35. The van der Waals surface area contributed by atoms with Crippen molar-refractivity contribution in [1.82, 2.24) is 4.98 Å². The number of phenolic OH excluding ortho intramolecular Hbond substituents is 1. The Hall–Kier alpha value is -3.96. The first-order chi connectivity index (χ1) is 16.9. The van der Waals surface area contributed by atoms with Gasteiger partial charge in [-0.05, 0) is 34.0 Å². The fraction of sp³-hybridized carbons (Fsp3) is 0.133. The first-order valence-electron chi connectivity index (χ1n) is 11.5. The number of amides is 1. The van der Waals surface area contributed by atoms with Crippen LogP contribution in [0.15, 0.2) is 102 Å². The molecule has 4 nitrogen and oxygen atoms in total. The molecule has 5 heteroatoms. The highest BCUT2D eigenvalue weighted by molar-refractivity contribution is 7.14. The first kappa shape index (κ1) is 22.8. The van der Waals surface area contributed by atoms with E-state index in [1.165, 1.54) is 11.3 Å². The number of aromatic nitrogens is 1. The summed E-state index contributed by atoms with van der Waals surface area (Å²) in [5, 5.41) is 17.7. The van der Waals surface area contributed by atoms with E-state index >= 15 is 0 Å². The molecule has 0 fully saturated rings. The van der Waals surface area contributed by atoms with E-state index < -0.39 is 5.41 Å². The number of benzene rings is 4. The minimum Gasteiger partial charge on any atom is -0.508 e. The molecular formula is C30H26N2O2S. The second-order valence-corrected chi connectivity index (χ2v) is 10.0. The highest BCUT2D eigenvalue weighted by Crippen LogP contribution is 2.42. The van der Waals surface area contributed by atoms with E-state index in [-0.39, 0.29) is 17.6 Å². The van der Waals surface area contributed by atoms with Gasteiger partial charge in [-0.3, -0.25) is 4.79 Å². The number of carbonyl (C=O) groups is 1.